The van der Waals surface area contributed by atoms with Crippen molar-refractivity contribution in [2.75, 3.05) is 0 Å². The van der Waals surface area contributed by atoms with Crippen LogP contribution in [0, 0.1) is 6.92 Å². The molecule has 0 saturated heterocycles. The summed E-state index contributed by atoms with van der Waals surface area (Å²) in [5, 5.41) is 0. The van der Waals surface area contributed by atoms with Gasteiger partial charge in [0.05, 0.1) is 0 Å². The molecule has 2 bridgehead atoms. The highest BCUT2D eigenvalue weighted by molar-refractivity contribution is 7.45. The maximum absolute atomic E-state index is 6.47. The van der Waals surface area contributed by atoms with Crippen LogP contribution in [0.25, 0.3) is 0 Å². The van der Waals surface area contributed by atoms with E-state index in [0.29, 0.717) is 17.2 Å². The molecule has 0 radical (unpaired) electrons. The van der Waals surface area contributed by atoms with Crippen molar-refractivity contribution in [1.82, 2.24) is 0 Å². The van der Waals surface area contributed by atoms with Crippen LogP contribution in [0.1, 0.15) is 28.2 Å². The molecule has 2 heterocycles. The Morgan fingerprint density at radius 1 is 0.594 bits per heavy atom. The standard InChI is InChI=1S/C26H20NO4P/c1-16-19-12-6-13-20(16)30-32(27)31-24-15-7-14-23-26(24)25(17-8-2-4-10-21(17)28-19)18-9-3-5-11-22(18)29-23/h2-15,25H,27H2,1H3/t25-,32?/m0/s1. The number of hydrogen-bond acceptors (Lipinski definition) is 5. The zero-order valence-electron chi connectivity index (χ0n) is 17.3. The van der Waals surface area contributed by atoms with Crippen molar-refractivity contribution in [2.45, 2.75) is 12.8 Å². The van der Waals surface area contributed by atoms with Crippen LogP contribution in [0.3, 0.4) is 0 Å². The fraction of sp³-hybridized carbons (Fsp3) is 0.0769. The highest BCUT2D eigenvalue weighted by Crippen LogP contribution is 2.54. The zero-order chi connectivity index (χ0) is 21.7. The summed E-state index contributed by atoms with van der Waals surface area (Å²) in [6.45, 7) is 1.96. The Kier molecular flexibility index (Phi) is 4.53. The first kappa shape index (κ1) is 19.2. The molecule has 4 aromatic rings. The van der Waals surface area contributed by atoms with E-state index in [0.717, 1.165) is 39.5 Å². The van der Waals surface area contributed by atoms with E-state index in [1.165, 1.54) is 0 Å². The lowest BCUT2D eigenvalue weighted by Crippen LogP contribution is -2.15. The number of benzene rings is 4. The summed E-state index contributed by atoms with van der Waals surface area (Å²) in [7, 11) is -1.72. The Morgan fingerprint density at radius 3 is 1.81 bits per heavy atom. The van der Waals surface area contributed by atoms with Gasteiger partial charge >= 0.3 is 8.53 Å². The first-order valence-corrected chi connectivity index (χ1v) is 11.6. The van der Waals surface area contributed by atoms with Crippen molar-refractivity contribution in [3.05, 3.63) is 107 Å². The van der Waals surface area contributed by atoms with Gasteiger partial charge in [0.1, 0.15) is 34.5 Å². The highest BCUT2D eigenvalue weighted by atomic mass is 31.2. The summed E-state index contributed by atoms with van der Waals surface area (Å²) >= 11 is 0. The summed E-state index contributed by atoms with van der Waals surface area (Å²) in [5.41, 5.74) is 10.2. The Morgan fingerprint density at radius 2 is 1.09 bits per heavy atom. The van der Waals surface area contributed by atoms with Crippen LogP contribution in [-0.2, 0) is 0 Å². The van der Waals surface area contributed by atoms with Gasteiger partial charge < -0.3 is 18.5 Å². The predicted octanol–water partition coefficient (Wildman–Crippen LogP) is 7.03. The summed E-state index contributed by atoms with van der Waals surface area (Å²) < 4.78 is 24.9. The molecule has 0 saturated carbocycles. The summed E-state index contributed by atoms with van der Waals surface area (Å²) in [6.07, 6.45) is 0. The molecule has 1 unspecified atom stereocenters. The lowest BCUT2D eigenvalue weighted by molar-refractivity contribution is 0.428. The third kappa shape index (κ3) is 3.10. The molecular formula is C26H20NO4P. The molecule has 32 heavy (non-hydrogen) atoms. The molecule has 2 atom stereocenters. The molecule has 2 aliphatic rings. The second-order valence-corrected chi connectivity index (χ2v) is 8.66. The van der Waals surface area contributed by atoms with Crippen molar-refractivity contribution in [2.24, 2.45) is 5.50 Å². The van der Waals surface area contributed by atoms with Crippen molar-refractivity contribution >= 4 is 8.53 Å². The predicted molar refractivity (Wildman–Crippen MR) is 124 cm³/mol. The van der Waals surface area contributed by atoms with E-state index in [1.54, 1.807) is 0 Å². The lowest BCUT2D eigenvalue weighted by Gasteiger charge is -2.32. The molecule has 0 amide bonds. The highest BCUT2D eigenvalue weighted by Gasteiger charge is 2.34. The quantitative estimate of drug-likeness (QED) is 0.261. The first-order valence-electron chi connectivity index (χ1n) is 10.4. The molecule has 4 aromatic carbocycles. The molecule has 6 rings (SSSR count). The zero-order valence-corrected chi connectivity index (χ0v) is 18.2. The van der Waals surface area contributed by atoms with Gasteiger partial charge in [0.15, 0.2) is 0 Å². The summed E-state index contributed by atoms with van der Waals surface area (Å²) in [4.78, 5) is 0. The van der Waals surface area contributed by atoms with Gasteiger partial charge in [-0.15, -0.1) is 0 Å². The Balaban J connectivity index is 1.65. The second-order valence-electron chi connectivity index (χ2n) is 7.73. The summed E-state index contributed by atoms with van der Waals surface area (Å²) in [6, 6.07) is 27.6. The molecule has 2 N–H and O–H groups in total. The second kappa shape index (κ2) is 7.56. The Bertz CT molecular complexity index is 1340. The van der Waals surface area contributed by atoms with Gasteiger partial charge in [-0.05, 0) is 43.3 Å². The fourth-order valence-corrected chi connectivity index (χ4v) is 5.11. The van der Waals surface area contributed by atoms with Crippen LogP contribution in [0.5, 0.6) is 34.5 Å². The van der Waals surface area contributed by atoms with Crippen molar-refractivity contribution < 1.29 is 18.5 Å². The molecule has 0 spiro atoms. The molecule has 2 aliphatic heterocycles. The van der Waals surface area contributed by atoms with Crippen molar-refractivity contribution in [3.8, 4) is 34.5 Å². The molecule has 158 valence electrons. The average Bonchev–Trinajstić information content (AvgIpc) is 2.80. The van der Waals surface area contributed by atoms with Crippen LogP contribution in [0.2, 0.25) is 0 Å². The average molecular weight is 441 g/mol. The number of ether oxygens (including phenoxy) is 2. The monoisotopic (exact) mass is 441 g/mol. The maximum Gasteiger partial charge on any atom is 0.378 e. The van der Waals surface area contributed by atoms with E-state index >= 15 is 0 Å². The number of fused-ring (bicyclic) bond motifs is 6. The van der Waals surface area contributed by atoms with Crippen molar-refractivity contribution in [3.63, 3.8) is 0 Å². The van der Waals surface area contributed by atoms with Gasteiger partial charge in [-0.3, -0.25) is 0 Å². The number of nitrogens with two attached hydrogens (primary N) is 1. The minimum absolute atomic E-state index is 0.159. The number of rotatable bonds is 0. The maximum atomic E-state index is 6.47. The number of para-hydroxylation sites is 2. The van der Waals surface area contributed by atoms with Gasteiger partial charge in [0.25, 0.3) is 0 Å². The van der Waals surface area contributed by atoms with Crippen LogP contribution in [0.4, 0.5) is 0 Å². The van der Waals surface area contributed by atoms with E-state index in [4.69, 9.17) is 24.0 Å². The molecule has 0 aromatic heterocycles. The smallest absolute Gasteiger partial charge is 0.378 e. The molecule has 6 heteroatoms. The normalized spacial score (nSPS) is 18.1. The summed E-state index contributed by atoms with van der Waals surface area (Å²) in [5.74, 6) is 4.15. The SMILES string of the molecule is Cc1c2cccc1OP(N)Oc1cccc3c1[C@@H](c1ccccc1O2)c1ccccc1O3. The Hall–Kier alpha value is -3.53. The first-order chi connectivity index (χ1) is 15.7. The third-order valence-electron chi connectivity index (χ3n) is 5.83. The van der Waals surface area contributed by atoms with Crippen molar-refractivity contribution in [1.29, 1.82) is 0 Å². The fourth-order valence-electron chi connectivity index (χ4n) is 4.33. The van der Waals surface area contributed by atoms with Crippen LogP contribution in [0.15, 0.2) is 84.9 Å². The topological polar surface area (TPSA) is 62.9 Å². The van der Waals surface area contributed by atoms with Gasteiger partial charge in [-0.2, -0.15) is 0 Å². The number of hydrogen-bond donors (Lipinski definition) is 1. The molecule has 0 aliphatic carbocycles. The van der Waals surface area contributed by atoms with E-state index in [1.807, 2.05) is 79.7 Å². The lowest BCUT2D eigenvalue weighted by atomic mass is 9.81. The molecule has 5 nitrogen and oxygen atoms in total. The minimum Gasteiger partial charge on any atom is -0.457 e. The van der Waals surface area contributed by atoms with E-state index in [-0.39, 0.29) is 5.92 Å². The van der Waals surface area contributed by atoms with Crippen LogP contribution < -0.4 is 24.0 Å². The molecular weight excluding hydrogens is 421 g/mol. The van der Waals surface area contributed by atoms with Crippen LogP contribution in [-0.4, -0.2) is 0 Å². The third-order valence-corrected chi connectivity index (χ3v) is 6.58. The Labute approximate surface area is 187 Å². The van der Waals surface area contributed by atoms with Gasteiger partial charge in [0.2, 0.25) is 0 Å². The largest absolute Gasteiger partial charge is 0.457 e. The van der Waals surface area contributed by atoms with Gasteiger partial charge in [-0.25, -0.2) is 5.50 Å². The molecule has 0 fully saturated rings. The minimum atomic E-state index is -1.72. The van der Waals surface area contributed by atoms with Gasteiger partial charge in [-0.1, -0.05) is 48.5 Å². The van der Waals surface area contributed by atoms with E-state index in [2.05, 4.69) is 12.1 Å². The van der Waals surface area contributed by atoms with Crippen LogP contribution >= 0.6 is 8.53 Å². The van der Waals surface area contributed by atoms with Gasteiger partial charge in [0, 0.05) is 28.2 Å². The van der Waals surface area contributed by atoms with E-state index < -0.39 is 8.53 Å². The van der Waals surface area contributed by atoms with E-state index in [9.17, 15) is 0 Å².